The molecule has 18 heavy (non-hydrogen) atoms. The Morgan fingerprint density at radius 2 is 2.28 bits per heavy atom. The number of carbonyl (C=O) groups is 1. The van der Waals surface area contributed by atoms with E-state index in [0.717, 1.165) is 6.42 Å². The van der Waals surface area contributed by atoms with Crippen molar-refractivity contribution < 1.29 is 14.3 Å². The first kappa shape index (κ1) is 13.0. The molecule has 4 heteroatoms. The molecule has 0 spiro atoms. The van der Waals surface area contributed by atoms with Crippen molar-refractivity contribution in [3.63, 3.8) is 0 Å². The van der Waals surface area contributed by atoms with Crippen molar-refractivity contribution in [2.45, 2.75) is 26.3 Å². The fourth-order valence-electron chi connectivity index (χ4n) is 2.51. The highest BCUT2D eigenvalue weighted by atomic mass is 19.1. The molecule has 1 aliphatic rings. The summed E-state index contributed by atoms with van der Waals surface area (Å²) in [4.78, 5) is 13.9. The van der Waals surface area contributed by atoms with E-state index in [1.165, 1.54) is 6.07 Å². The predicted octanol–water partition coefficient (Wildman–Crippen LogP) is 1.98. The third-order valence-electron chi connectivity index (χ3n) is 3.75. The number of aliphatic hydroxyl groups excluding tert-OH is 1. The molecule has 1 aromatic rings. The van der Waals surface area contributed by atoms with E-state index >= 15 is 0 Å². The van der Waals surface area contributed by atoms with Crippen LogP contribution in [-0.4, -0.2) is 35.1 Å². The summed E-state index contributed by atoms with van der Waals surface area (Å²) in [6.07, 6.45) is 0.852. The predicted molar refractivity (Wildman–Crippen MR) is 66.8 cm³/mol. The van der Waals surface area contributed by atoms with Crippen LogP contribution in [0.4, 0.5) is 4.39 Å². The quantitative estimate of drug-likeness (QED) is 0.873. The normalized spacial score (nSPS) is 23.4. The lowest BCUT2D eigenvalue weighted by molar-refractivity contribution is 0.0643. The van der Waals surface area contributed by atoms with Gasteiger partial charge in [0.25, 0.3) is 5.91 Å². The Kier molecular flexibility index (Phi) is 3.66. The summed E-state index contributed by atoms with van der Waals surface area (Å²) >= 11 is 0. The summed E-state index contributed by atoms with van der Waals surface area (Å²) < 4.78 is 13.9. The minimum Gasteiger partial charge on any atom is -0.394 e. The van der Waals surface area contributed by atoms with E-state index in [4.69, 9.17) is 0 Å². The lowest BCUT2D eigenvalue weighted by atomic mass is 10.0. The molecule has 2 atom stereocenters. The van der Waals surface area contributed by atoms with Crippen LogP contribution in [-0.2, 0) is 0 Å². The molecule has 0 radical (unpaired) electrons. The number of aryl methyl sites for hydroxylation is 1. The number of benzene rings is 1. The van der Waals surface area contributed by atoms with Gasteiger partial charge in [-0.3, -0.25) is 4.79 Å². The molecule has 1 fully saturated rings. The summed E-state index contributed by atoms with van der Waals surface area (Å²) in [6.45, 7) is 4.15. The molecule has 1 amide bonds. The second kappa shape index (κ2) is 5.06. The van der Waals surface area contributed by atoms with Gasteiger partial charge < -0.3 is 10.0 Å². The summed E-state index contributed by atoms with van der Waals surface area (Å²) in [5, 5.41) is 9.34. The molecule has 3 nitrogen and oxygen atoms in total. The number of carbonyl (C=O) groups excluding carboxylic acids is 1. The Morgan fingerprint density at radius 3 is 2.94 bits per heavy atom. The fraction of sp³-hybridized carbons (Fsp3) is 0.500. The van der Waals surface area contributed by atoms with Gasteiger partial charge in [0.2, 0.25) is 0 Å². The van der Waals surface area contributed by atoms with E-state index in [9.17, 15) is 14.3 Å². The standard InChI is InChI=1S/C14H18FNO2/c1-9-6-7-16(12(9)8-17)14(18)11-5-3-4-10(2)13(11)15/h3-5,9,12,17H,6-8H2,1-2H3. The Labute approximate surface area is 106 Å². The molecule has 1 N–H and O–H groups in total. The molecule has 1 aromatic carbocycles. The molecule has 1 heterocycles. The van der Waals surface area contributed by atoms with Crippen LogP contribution >= 0.6 is 0 Å². The van der Waals surface area contributed by atoms with E-state index < -0.39 is 5.82 Å². The number of halogens is 1. The van der Waals surface area contributed by atoms with Crippen molar-refractivity contribution in [1.82, 2.24) is 4.90 Å². The lowest BCUT2D eigenvalue weighted by Crippen LogP contribution is -2.40. The molecule has 0 saturated carbocycles. The van der Waals surface area contributed by atoms with Crippen molar-refractivity contribution in [2.75, 3.05) is 13.2 Å². The van der Waals surface area contributed by atoms with Gasteiger partial charge in [-0.2, -0.15) is 0 Å². The average molecular weight is 251 g/mol. The molecule has 1 aliphatic heterocycles. The van der Waals surface area contributed by atoms with Gasteiger partial charge in [-0.25, -0.2) is 4.39 Å². The van der Waals surface area contributed by atoms with Gasteiger partial charge in [0.1, 0.15) is 5.82 Å². The van der Waals surface area contributed by atoms with E-state index in [-0.39, 0.29) is 30.0 Å². The molecular weight excluding hydrogens is 233 g/mol. The molecular formula is C14H18FNO2. The molecule has 98 valence electrons. The Balaban J connectivity index is 2.29. The van der Waals surface area contributed by atoms with Crippen molar-refractivity contribution >= 4 is 5.91 Å². The Morgan fingerprint density at radius 1 is 1.56 bits per heavy atom. The first-order valence-corrected chi connectivity index (χ1v) is 6.23. The van der Waals surface area contributed by atoms with Gasteiger partial charge in [0.05, 0.1) is 18.2 Å². The number of aliphatic hydroxyl groups is 1. The maximum Gasteiger partial charge on any atom is 0.257 e. The third kappa shape index (κ3) is 2.12. The van der Waals surface area contributed by atoms with Crippen LogP contribution in [0.3, 0.4) is 0 Å². The average Bonchev–Trinajstić information content (AvgIpc) is 2.73. The van der Waals surface area contributed by atoms with Crippen molar-refractivity contribution in [3.8, 4) is 0 Å². The molecule has 0 aromatic heterocycles. The SMILES string of the molecule is Cc1cccc(C(=O)N2CCC(C)C2CO)c1F. The third-order valence-corrected chi connectivity index (χ3v) is 3.75. The number of hydrogen-bond donors (Lipinski definition) is 1. The Bertz CT molecular complexity index is 461. The van der Waals surface area contributed by atoms with Crippen LogP contribution in [0.1, 0.15) is 29.3 Å². The first-order valence-electron chi connectivity index (χ1n) is 6.23. The second-order valence-corrected chi connectivity index (χ2v) is 4.95. The van der Waals surface area contributed by atoms with Gasteiger partial charge in [0, 0.05) is 6.54 Å². The topological polar surface area (TPSA) is 40.5 Å². The van der Waals surface area contributed by atoms with E-state index in [1.807, 2.05) is 6.92 Å². The largest absolute Gasteiger partial charge is 0.394 e. The summed E-state index contributed by atoms with van der Waals surface area (Å²) in [5.41, 5.74) is 0.566. The molecule has 0 bridgehead atoms. The van der Waals surface area contributed by atoms with Gasteiger partial charge in [-0.1, -0.05) is 19.1 Å². The van der Waals surface area contributed by atoms with Gasteiger partial charge in [0.15, 0.2) is 0 Å². The molecule has 1 saturated heterocycles. The smallest absolute Gasteiger partial charge is 0.257 e. The number of hydrogen-bond acceptors (Lipinski definition) is 2. The minimum absolute atomic E-state index is 0.0691. The molecule has 0 aliphatic carbocycles. The van der Waals surface area contributed by atoms with Crippen LogP contribution in [0.2, 0.25) is 0 Å². The zero-order chi connectivity index (χ0) is 13.3. The Hall–Kier alpha value is -1.42. The van der Waals surface area contributed by atoms with Crippen molar-refractivity contribution in [3.05, 3.63) is 35.1 Å². The van der Waals surface area contributed by atoms with E-state index in [0.29, 0.717) is 12.1 Å². The van der Waals surface area contributed by atoms with Crippen LogP contribution in [0, 0.1) is 18.7 Å². The molecule has 2 rings (SSSR count). The maximum atomic E-state index is 13.9. The van der Waals surface area contributed by atoms with Crippen LogP contribution in [0.5, 0.6) is 0 Å². The van der Waals surface area contributed by atoms with Crippen molar-refractivity contribution in [2.24, 2.45) is 5.92 Å². The highest BCUT2D eigenvalue weighted by Gasteiger charge is 2.35. The van der Waals surface area contributed by atoms with E-state index in [1.54, 1.807) is 24.0 Å². The number of nitrogens with zero attached hydrogens (tertiary/aromatic N) is 1. The highest BCUT2D eigenvalue weighted by Crippen LogP contribution is 2.26. The molecule has 2 unspecified atom stereocenters. The van der Waals surface area contributed by atoms with Gasteiger partial charge in [-0.05, 0) is 30.9 Å². The van der Waals surface area contributed by atoms with Crippen molar-refractivity contribution in [1.29, 1.82) is 0 Å². The van der Waals surface area contributed by atoms with E-state index in [2.05, 4.69) is 0 Å². The summed E-state index contributed by atoms with van der Waals surface area (Å²) in [5.74, 6) is -0.523. The fourth-order valence-corrected chi connectivity index (χ4v) is 2.51. The zero-order valence-electron chi connectivity index (χ0n) is 10.7. The monoisotopic (exact) mass is 251 g/mol. The summed E-state index contributed by atoms with van der Waals surface area (Å²) in [7, 11) is 0. The number of amides is 1. The number of rotatable bonds is 2. The highest BCUT2D eigenvalue weighted by molar-refractivity contribution is 5.95. The number of likely N-dealkylation sites (tertiary alicyclic amines) is 1. The zero-order valence-corrected chi connectivity index (χ0v) is 10.7. The van der Waals surface area contributed by atoms with Gasteiger partial charge >= 0.3 is 0 Å². The summed E-state index contributed by atoms with van der Waals surface area (Å²) in [6, 6.07) is 4.63. The van der Waals surface area contributed by atoms with Gasteiger partial charge in [-0.15, -0.1) is 0 Å². The second-order valence-electron chi connectivity index (χ2n) is 4.95. The van der Waals surface area contributed by atoms with Crippen LogP contribution in [0.15, 0.2) is 18.2 Å². The minimum atomic E-state index is -0.459. The lowest BCUT2D eigenvalue weighted by Gasteiger charge is -2.25. The first-order chi connectivity index (χ1) is 8.56. The van der Waals surface area contributed by atoms with Crippen LogP contribution < -0.4 is 0 Å². The maximum absolute atomic E-state index is 13.9. The van der Waals surface area contributed by atoms with Crippen LogP contribution in [0.25, 0.3) is 0 Å².